The molecule has 0 unspecified atom stereocenters. The first-order valence-electron chi connectivity index (χ1n) is 7.99. The molecule has 0 radical (unpaired) electrons. The normalized spacial score (nSPS) is 10.7. The third-order valence-corrected chi connectivity index (χ3v) is 3.48. The van der Waals surface area contributed by atoms with Crippen LogP contribution in [-0.2, 0) is 16.1 Å². The molecule has 1 N–H and O–H groups in total. The number of rotatable bonds is 9. The molecule has 0 saturated carbocycles. The minimum atomic E-state index is -0.464. The number of hydrogen-bond acceptors (Lipinski definition) is 5. The summed E-state index contributed by atoms with van der Waals surface area (Å²) >= 11 is 0. The molecule has 0 aromatic heterocycles. The average Bonchev–Trinajstić information content (AvgIpc) is 2.66. The first kappa shape index (κ1) is 19.1. The van der Waals surface area contributed by atoms with Gasteiger partial charge in [-0.05, 0) is 41.5 Å². The van der Waals surface area contributed by atoms with E-state index >= 15 is 0 Å². The van der Waals surface area contributed by atoms with Gasteiger partial charge in [0.05, 0.1) is 11.5 Å². The highest BCUT2D eigenvalue weighted by Gasteiger charge is 2.03. The topological polar surface area (TPSA) is 90.7 Å². The van der Waals surface area contributed by atoms with Crippen molar-refractivity contribution in [3.8, 4) is 5.75 Å². The van der Waals surface area contributed by atoms with E-state index in [4.69, 9.17) is 9.47 Å². The lowest BCUT2D eigenvalue weighted by Crippen LogP contribution is -2.20. The van der Waals surface area contributed by atoms with Crippen LogP contribution >= 0.6 is 0 Å². The van der Waals surface area contributed by atoms with Crippen molar-refractivity contribution in [2.75, 3.05) is 20.3 Å². The smallest absolute Gasteiger partial charge is 0.269 e. The number of hydrogen-bond donors (Lipinski definition) is 1. The number of ether oxygens (including phenoxy) is 2. The van der Waals surface area contributed by atoms with Crippen LogP contribution in [0, 0.1) is 10.1 Å². The molecular formula is C19H20N2O5. The highest BCUT2D eigenvalue weighted by atomic mass is 16.6. The van der Waals surface area contributed by atoms with Crippen molar-refractivity contribution in [3.63, 3.8) is 0 Å². The van der Waals surface area contributed by atoms with Gasteiger partial charge >= 0.3 is 0 Å². The summed E-state index contributed by atoms with van der Waals surface area (Å²) < 4.78 is 10.4. The van der Waals surface area contributed by atoms with Gasteiger partial charge in [0, 0.05) is 31.9 Å². The Labute approximate surface area is 151 Å². The number of carbonyl (C=O) groups excluding carboxylic acids is 1. The summed E-state index contributed by atoms with van der Waals surface area (Å²) in [7, 11) is 1.62. The molecule has 2 aromatic carbocycles. The van der Waals surface area contributed by atoms with Crippen LogP contribution in [0.15, 0.2) is 54.6 Å². The first-order chi connectivity index (χ1) is 12.6. The number of amides is 1. The van der Waals surface area contributed by atoms with Crippen molar-refractivity contribution in [1.29, 1.82) is 0 Å². The number of nitrogens with one attached hydrogen (secondary N) is 1. The fourth-order valence-electron chi connectivity index (χ4n) is 2.07. The molecule has 0 heterocycles. The van der Waals surface area contributed by atoms with Crippen molar-refractivity contribution in [2.45, 2.75) is 6.54 Å². The highest BCUT2D eigenvalue weighted by molar-refractivity contribution is 5.91. The largest absolute Gasteiger partial charge is 0.491 e. The summed E-state index contributed by atoms with van der Waals surface area (Å²) in [6, 6.07) is 13.4. The molecule has 7 nitrogen and oxygen atoms in total. The summed E-state index contributed by atoms with van der Waals surface area (Å²) in [4.78, 5) is 22.0. The van der Waals surface area contributed by atoms with Crippen LogP contribution in [0.25, 0.3) is 6.08 Å². The van der Waals surface area contributed by atoms with E-state index in [9.17, 15) is 14.9 Å². The molecule has 1 amide bonds. The Hall–Kier alpha value is -3.19. The first-order valence-corrected chi connectivity index (χ1v) is 7.99. The van der Waals surface area contributed by atoms with Gasteiger partial charge in [-0.15, -0.1) is 0 Å². The van der Waals surface area contributed by atoms with Crippen LogP contribution in [0.2, 0.25) is 0 Å². The second-order valence-corrected chi connectivity index (χ2v) is 5.38. The van der Waals surface area contributed by atoms with Gasteiger partial charge in [-0.25, -0.2) is 0 Å². The number of benzene rings is 2. The van der Waals surface area contributed by atoms with Gasteiger partial charge in [0.1, 0.15) is 12.4 Å². The number of nitro groups is 1. The van der Waals surface area contributed by atoms with Crippen LogP contribution in [-0.4, -0.2) is 31.2 Å². The fraction of sp³-hybridized carbons (Fsp3) is 0.211. The number of non-ortho nitro benzene ring substituents is 1. The van der Waals surface area contributed by atoms with Gasteiger partial charge in [-0.2, -0.15) is 0 Å². The van der Waals surface area contributed by atoms with Crippen LogP contribution in [0.1, 0.15) is 11.1 Å². The van der Waals surface area contributed by atoms with Gasteiger partial charge in [0.15, 0.2) is 0 Å². The van der Waals surface area contributed by atoms with Gasteiger partial charge < -0.3 is 14.8 Å². The van der Waals surface area contributed by atoms with Crippen LogP contribution in [0.5, 0.6) is 5.75 Å². The van der Waals surface area contributed by atoms with Gasteiger partial charge in [-0.3, -0.25) is 14.9 Å². The van der Waals surface area contributed by atoms with E-state index in [1.807, 2.05) is 24.3 Å². The zero-order chi connectivity index (χ0) is 18.8. The van der Waals surface area contributed by atoms with Gasteiger partial charge in [0.2, 0.25) is 5.91 Å². The SMILES string of the molecule is COCCOc1ccc(CNC(=O)C=Cc2ccc([N+](=O)[O-])cc2)cc1. The number of nitro benzene ring substituents is 1. The van der Waals surface area contributed by atoms with E-state index < -0.39 is 4.92 Å². The molecule has 0 spiro atoms. The standard InChI is InChI=1S/C19H20N2O5/c1-25-12-13-26-18-9-4-16(5-10-18)14-20-19(22)11-6-15-2-7-17(8-3-15)21(23)24/h2-11H,12-14H2,1H3,(H,20,22). The Balaban J connectivity index is 1.79. The molecular weight excluding hydrogens is 336 g/mol. The monoisotopic (exact) mass is 356 g/mol. The molecule has 26 heavy (non-hydrogen) atoms. The lowest BCUT2D eigenvalue weighted by atomic mass is 10.2. The predicted octanol–water partition coefficient (Wildman–Crippen LogP) is 2.95. The molecule has 2 aromatic rings. The highest BCUT2D eigenvalue weighted by Crippen LogP contribution is 2.13. The Morgan fingerprint density at radius 2 is 1.81 bits per heavy atom. The molecule has 0 fully saturated rings. The maximum atomic E-state index is 11.9. The number of carbonyl (C=O) groups is 1. The molecule has 0 aliphatic rings. The molecule has 136 valence electrons. The Kier molecular flexibility index (Phi) is 7.32. The summed E-state index contributed by atoms with van der Waals surface area (Å²) in [6.45, 7) is 1.40. The minimum absolute atomic E-state index is 0.0150. The maximum absolute atomic E-state index is 11.9. The van der Waals surface area contributed by atoms with E-state index in [1.54, 1.807) is 25.3 Å². The van der Waals surface area contributed by atoms with E-state index in [0.29, 0.717) is 25.3 Å². The van der Waals surface area contributed by atoms with Crippen molar-refractivity contribution < 1.29 is 19.2 Å². The number of nitrogens with zero attached hydrogens (tertiary/aromatic N) is 1. The third-order valence-electron chi connectivity index (χ3n) is 3.48. The molecule has 7 heteroatoms. The summed E-state index contributed by atoms with van der Waals surface area (Å²) in [5, 5.41) is 13.4. The van der Waals surface area contributed by atoms with Crippen molar-refractivity contribution >= 4 is 17.7 Å². The Morgan fingerprint density at radius 3 is 2.42 bits per heavy atom. The van der Waals surface area contributed by atoms with E-state index in [0.717, 1.165) is 11.3 Å². The van der Waals surface area contributed by atoms with Crippen LogP contribution in [0.3, 0.4) is 0 Å². The Bertz CT molecular complexity index is 755. The summed E-state index contributed by atoms with van der Waals surface area (Å²) in [5.74, 6) is 0.499. The fourth-order valence-corrected chi connectivity index (χ4v) is 2.07. The van der Waals surface area contributed by atoms with E-state index in [1.165, 1.54) is 18.2 Å². The second-order valence-electron chi connectivity index (χ2n) is 5.38. The number of methoxy groups -OCH3 is 1. The molecule has 0 aliphatic carbocycles. The van der Waals surface area contributed by atoms with Crippen molar-refractivity contribution in [3.05, 3.63) is 75.8 Å². The summed E-state index contributed by atoms with van der Waals surface area (Å²) in [5.41, 5.74) is 1.67. The molecule has 0 bridgehead atoms. The summed E-state index contributed by atoms with van der Waals surface area (Å²) in [6.07, 6.45) is 3.00. The Morgan fingerprint density at radius 1 is 1.12 bits per heavy atom. The van der Waals surface area contributed by atoms with E-state index in [2.05, 4.69) is 5.32 Å². The van der Waals surface area contributed by atoms with Gasteiger partial charge in [-0.1, -0.05) is 12.1 Å². The molecule has 0 aliphatic heterocycles. The average molecular weight is 356 g/mol. The van der Waals surface area contributed by atoms with E-state index in [-0.39, 0.29) is 11.6 Å². The maximum Gasteiger partial charge on any atom is 0.269 e. The zero-order valence-corrected chi connectivity index (χ0v) is 14.4. The predicted molar refractivity (Wildman–Crippen MR) is 97.8 cm³/mol. The lowest BCUT2D eigenvalue weighted by molar-refractivity contribution is -0.384. The third kappa shape index (κ3) is 6.37. The minimum Gasteiger partial charge on any atom is -0.491 e. The zero-order valence-electron chi connectivity index (χ0n) is 14.4. The second kappa shape index (κ2) is 9.95. The molecule has 0 atom stereocenters. The van der Waals surface area contributed by atoms with Crippen LogP contribution in [0.4, 0.5) is 5.69 Å². The van der Waals surface area contributed by atoms with Crippen molar-refractivity contribution in [2.24, 2.45) is 0 Å². The van der Waals surface area contributed by atoms with Crippen molar-refractivity contribution in [1.82, 2.24) is 5.32 Å². The van der Waals surface area contributed by atoms with Gasteiger partial charge in [0.25, 0.3) is 5.69 Å². The lowest BCUT2D eigenvalue weighted by Gasteiger charge is -2.07. The molecule has 2 rings (SSSR count). The van der Waals surface area contributed by atoms with Crippen LogP contribution < -0.4 is 10.1 Å². The quantitative estimate of drug-likeness (QED) is 0.323. The molecule has 0 saturated heterocycles.